The first-order chi connectivity index (χ1) is 8.78. The van der Waals surface area contributed by atoms with Crippen molar-refractivity contribution >= 4 is 11.9 Å². The number of nitrogens with zero attached hydrogens (tertiary/aromatic N) is 1. The van der Waals surface area contributed by atoms with E-state index in [9.17, 15) is 14.7 Å². The molecule has 1 rings (SSSR count). The van der Waals surface area contributed by atoms with Gasteiger partial charge in [0, 0.05) is 6.54 Å². The monoisotopic (exact) mass is 263 g/mol. The Kier molecular flexibility index (Phi) is 4.70. The number of aliphatic carboxylic acids is 1. The zero-order chi connectivity index (χ0) is 14.6. The maximum absolute atomic E-state index is 12.3. The molecule has 1 N–H and O–H groups in total. The highest BCUT2D eigenvalue weighted by Gasteiger charge is 2.36. The topological polar surface area (TPSA) is 57.6 Å². The molecule has 0 saturated heterocycles. The summed E-state index contributed by atoms with van der Waals surface area (Å²) < 4.78 is 0. The van der Waals surface area contributed by atoms with Gasteiger partial charge in [0.05, 0.1) is 6.42 Å². The van der Waals surface area contributed by atoms with Gasteiger partial charge in [0.15, 0.2) is 0 Å². The van der Waals surface area contributed by atoms with Crippen molar-refractivity contribution in [3.63, 3.8) is 0 Å². The van der Waals surface area contributed by atoms with Gasteiger partial charge < -0.3 is 10.0 Å². The van der Waals surface area contributed by atoms with Crippen LogP contribution in [0.25, 0.3) is 0 Å². The fourth-order valence-corrected chi connectivity index (χ4v) is 2.09. The normalized spacial score (nSPS) is 11.2. The quantitative estimate of drug-likeness (QED) is 0.886. The Hall–Kier alpha value is -1.84. The largest absolute Gasteiger partial charge is 0.480 e. The first kappa shape index (κ1) is 15.2. The second kappa shape index (κ2) is 5.87. The minimum absolute atomic E-state index is 0.166. The van der Waals surface area contributed by atoms with Crippen LogP contribution in [0.4, 0.5) is 0 Å². The summed E-state index contributed by atoms with van der Waals surface area (Å²) in [7, 11) is 0. The second-order valence-electron chi connectivity index (χ2n) is 5.17. The van der Waals surface area contributed by atoms with E-state index in [0.29, 0.717) is 6.54 Å². The summed E-state index contributed by atoms with van der Waals surface area (Å²) in [4.78, 5) is 24.9. The number of amides is 1. The lowest BCUT2D eigenvalue weighted by atomic mass is 10.0. The summed E-state index contributed by atoms with van der Waals surface area (Å²) in [6.45, 7) is 7.23. The molecule has 104 valence electrons. The van der Waals surface area contributed by atoms with Crippen molar-refractivity contribution in [3.05, 3.63) is 35.4 Å². The molecule has 0 unspecified atom stereocenters. The Morgan fingerprint density at radius 1 is 1.32 bits per heavy atom. The molecule has 0 heterocycles. The molecule has 0 aliphatic carbocycles. The molecule has 0 saturated carbocycles. The zero-order valence-corrected chi connectivity index (χ0v) is 11.9. The Balaban J connectivity index is 2.89. The van der Waals surface area contributed by atoms with Crippen LogP contribution in [0, 0.1) is 6.92 Å². The molecular formula is C15H21NO3. The van der Waals surface area contributed by atoms with Crippen molar-refractivity contribution in [2.24, 2.45) is 0 Å². The fourth-order valence-electron chi connectivity index (χ4n) is 2.09. The van der Waals surface area contributed by atoms with Crippen LogP contribution in [-0.4, -0.2) is 34.0 Å². The average molecular weight is 263 g/mol. The Morgan fingerprint density at radius 3 is 2.42 bits per heavy atom. The predicted octanol–water partition coefficient (Wildman–Crippen LogP) is 2.25. The highest BCUT2D eigenvalue weighted by atomic mass is 16.4. The van der Waals surface area contributed by atoms with Crippen LogP contribution < -0.4 is 0 Å². The fraction of sp³-hybridized carbons (Fsp3) is 0.467. The van der Waals surface area contributed by atoms with Crippen LogP contribution in [-0.2, 0) is 16.0 Å². The molecule has 0 aromatic heterocycles. The van der Waals surface area contributed by atoms with E-state index >= 15 is 0 Å². The van der Waals surface area contributed by atoms with E-state index in [-0.39, 0.29) is 12.3 Å². The van der Waals surface area contributed by atoms with Crippen LogP contribution in [0.2, 0.25) is 0 Å². The number of aryl methyl sites for hydroxylation is 1. The highest BCUT2D eigenvalue weighted by molar-refractivity contribution is 5.87. The Bertz CT molecular complexity index is 480. The number of likely N-dealkylation sites (N-methyl/N-ethyl adjacent to an activating group) is 1. The number of hydrogen-bond acceptors (Lipinski definition) is 2. The van der Waals surface area contributed by atoms with Crippen molar-refractivity contribution in [3.8, 4) is 0 Å². The molecule has 0 radical (unpaired) electrons. The molecule has 0 bridgehead atoms. The third-order valence-corrected chi connectivity index (χ3v) is 3.25. The molecule has 4 heteroatoms. The third-order valence-electron chi connectivity index (χ3n) is 3.25. The molecule has 1 aromatic rings. The van der Waals surface area contributed by atoms with Crippen LogP contribution in [0.1, 0.15) is 31.9 Å². The highest BCUT2D eigenvalue weighted by Crippen LogP contribution is 2.17. The zero-order valence-electron chi connectivity index (χ0n) is 11.9. The summed E-state index contributed by atoms with van der Waals surface area (Å²) in [5, 5.41) is 9.21. The van der Waals surface area contributed by atoms with Gasteiger partial charge in [-0.2, -0.15) is 0 Å². The van der Waals surface area contributed by atoms with Gasteiger partial charge in [-0.25, -0.2) is 4.79 Å². The van der Waals surface area contributed by atoms with Gasteiger partial charge in [0.25, 0.3) is 0 Å². The molecule has 0 atom stereocenters. The Labute approximate surface area is 114 Å². The molecule has 1 amide bonds. The maximum Gasteiger partial charge on any atom is 0.329 e. The average Bonchev–Trinajstić information content (AvgIpc) is 2.29. The number of rotatable bonds is 5. The van der Waals surface area contributed by atoms with Crippen molar-refractivity contribution in [2.75, 3.05) is 6.54 Å². The number of carbonyl (C=O) groups excluding carboxylic acids is 1. The Morgan fingerprint density at radius 2 is 1.95 bits per heavy atom. The maximum atomic E-state index is 12.3. The van der Waals surface area contributed by atoms with Gasteiger partial charge in [0.2, 0.25) is 5.91 Å². The van der Waals surface area contributed by atoms with Crippen LogP contribution >= 0.6 is 0 Å². The van der Waals surface area contributed by atoms with Crippen LogP contribution in [0.3, 0.4) is 0 Å². The smallest absolute Gasteiger partial charge is 0.329 e. The van der Waals surface area contributed by atoms with Crippen molar-refractivity contribution in [2.45, 2.75) is 39.7 Å². The van der Waals surface area contributed by atoms with Crippen molar-refractivity contribution in [1.29, 1.82) is 0 Å². The van der Waals surface area contributed by atoms with E-state index in [1.165, 1.54) is 4.90 Å². The molecule has 0 aliphatic heterocycles. The summed E-state index contributed by atoms with van der Waals surface area (Å²) >= 11 is 0. The lowest BCUT2D eigenvalue weighted by molar-refractivity contribution is -0.156. The molecule has 0 spiro atoms. The van der Waals surface area contributed by atoms with Gasteiger partial charge in [-0.05, 0) is 33.3 Å². The van der Waals surface area contributed by atoms with Crippen molar-refractivity contribution < 1.29 is 14.7 Å². The number of carboxylic acids is 1. The lowest BCUT2D eigenvalue weighted by Gasteiger charge is -2.34. The number of benzene rings is 1. The van der Waals surface area contributed by atoms with Crippen LogP contribution in [0.5, 0.6) is 0 Å². The molecule has 19 heavy (non-hydrogen) atoms. The van der Waals surface area contributed by atoms with E-state index in [4.69, 9.17) is 0 Å². The first-order valence-electron chi connectivity index (χ1n) is 6.38. The molecular weight excluding hydrogens is 242 g/mol. The SMILES string of the molecule is CCN(C(=O)Cc1cccc(C)c1)C(C)(C)C(=O)O. The molecule has 1 aromatic carbocycles. The standard InChI is InChI=1S/C15H21NO3/c1-5-16(15(3,4)14(18)19)13(17)10-12-8-6-7-11(2)9-12/h6-9H,5,10H2,1-4H3,(H,18,19). The summed E-state index contributed by atoms with van der Waals surface area (Å²) in [6.07, 6.45) is 0.228. The molecule has 4 nitrogen and oxygen atoms in total. The number of carboxylic acid groups (broad SMARTS) is 1. The number of carbonyl (C=O) groups is 2. The third kappa shape index (κ3) is 3.56. The van der Waals surface area contributed by atoms with Gasteiger partial charge in [-0.1, -0.05) is 29.8 Å². The summed E-state index contributed by atoms with van der Waals surface area (Å²) in [5.41, 5.74) is 0.811. The van der Waals surface area contributed by atoms with Crippen molar-refractivity contribution in [1.82, 2.24) is 4.90 Å². The minimum atomic E-state index is -1.18. The molecule has 0 fully saturated rings. The summed E-state index contributed by atoms with van der Waals surface area (Å²) in [5.74, 6) is -1.16. The van der Waals surface area contributed by atoms with E-state index in [1.807, 2.05) is 31.2 Å². The predicted molar refractivity (Wildman–Crippen MR) is 74.0 cm³/mol. The lowest BCUT2D eigenvalue weighted by Crippen LogP contribution is -2.53. The van der Waals surface area contributed by atoms with Gasteiger partial charge >= 0.3 is 5.97 Å². The van der Waals surface area contributed by atoms with E-state index in [2.05, 4.69) is 0 Å². The van der Waals surface area contributed by atoms with Gasteiger partial charge in [-0.15, -0.1) is 0 Å². The van der Waals surface area contributed by atoms with E-state index in [0.717, 1.165) is 11.1 Å². The van der Waals surface area contributed by atoms with E-state index < -0.39 is 11.5 Å². The van der Waals surface area contributed by atoms with E-state index in [1.54, 1.807) is 20.8 Å². The minimum Gasteiger partial charge on any atom is -0.480 e. The number of hydrogen-bond donors (Lipinski definition) is 1. The van der Waals surface area contributed by atoms with Crippen LogP contribution in [0.15, 0.2) is 24.3 Å². The first-order valence-corrected chi connectivity index (χ1v) is 6.38. The molecule has 0 aliphatic rings. The summed E-state index contributed by atoms with van der Waals surface area (Å²) in [6, 6.07) is 7.69. The van der Waals surface area contributed by atoms with Gasteiger partial charge in [-0.3, -0.25) is 4.79 Å². The van der Waals surface area contributed by atoms with Gasteiger partial charge in [0.1, 0.15) is 5.54 Å². The second-order valence-corrected chi connectivity index (χ2v) is 5.17.